The SMILES string of the molecule is CC([NH3+])CCn1cnc2c1c(=O)n(C)c(=O)n2C.[Cl-]. The largest absolute Gasteiger partial charge is 1.00 e. The van der Waals surface area contributed by atoms with E-state index in [1.54, 1.807) is 17.9 Å². The lowest BCUT2D eigenvalue weighted by molar-refractivity contribution is -0.415. The minimum atomic E-state index is -0.358. The third kappa shape index (κ3) is 2.57. The number of nitrogens with zero attached hydrogens (tertiary/aromatic N) is 4. The summed E-state index contributed by atoms with van der Waals surface area (Å²) in [5.41, 5.74) is 4.16. The zero-order valence-corrected chi connectivity index (χ0v) is 12.0. The lowest BCUT2D eigenvalue weighted by Gasteiger charge is -2.07. The van der Waals surface area contributed by atoms with Crippen LogP contribution in [0.4, 0.5) is 0 Å². The molecule has 0 aliphatic carbocycles. The average molecular weight is 288 g/mol. The summed E-state index contributed by atoms with van der Waals surface area (Å²) in [5.74, 6) is 0. The molecule has 1 unspecified atom stereocenters. The standard InChI is InChI=1S/C11H17N5O2.ClH/c1-7(12)4-5-16-6-13-9-8(16)10(17)15(3)11(18)14(9)2;/h6-7H,4-5,12H2,1-3H3;1H. The maximum Gasteiger partial charge on any atom is 0.332 e. The lowest BCUT2D eigenvalue weighted by atomic mass is 10.2. The fraction of sp³-hybridized carbons (Fsp3) is 0.545. The van der Waals surface area contributed by atoms with Gasteiger partial charge in [0.15, 0.2) is 11.2 Å². The molecule has 1 atom stereocenters. The second kappa shape index (κ2) is 5.58. The maximum atomic E-state index is 12.1. The molecule has 0 bridgehead atoms. The Balaban J connectivity index is 0.00000180. The number of rotatable bonds is 3. The van der Waals surface area contributed by atoms with E-state index in [4.69, 9.17) is 0 Å². The van der Waals surface area contributed by atoms with Gasteiger partial charge in [0.2, 0.25) is 0 Å². The third-order valence-corrected chi connectivity index (χ3v) is 3.08. The Morgan fingerprint density at radius 2 is 1.95 bits per heavy atom. The smallest absolute Gasteiger partial charge is 0.332 e. The highest BCUT2D eigenvalue weighted by Gasteiger charge is 2.14. The predicted molar refractivity (Wildman–Crippen MR) is 67.2 cm³/mol. The number of imidazole rings is 1. The van der Waals surface area contributed by atoms with Gasteiger partial charge >= 0.3 is 5.69 Å². The summed E-state index contributed by atoms with van der Waals surface area (Å²) < 4.78 is 4.29. The zero-order valence-electron chi connectivity index (χ0n) is 11.3. The van der Waals surface area contributed by atoms with Crippen molar-refractivity contribution in [1.29, 1.82) is 0 Å². The average Bonchev–Trinajstić information content (AvgIpc) is 2.75. The normalized spacial score (nSPS) is 12.4. The highest BCUT2D eigenvalue weighted by molar-refractivity contribution is 5.69. The van der Waals surface area contributed by atoms with Gasteiger partial charge in [-0.2, -0.15) is 0 Å². The van der Waals surface area contributed by atoms with E-state index in [1.165, 1.54) is 11.6 Å². The summed E-state index contributed by atoms with van der Waals surface area (Å²) in [5, 5.41) is 0. The molecule has 2 rings (SSSR count). The number of hydrogen-bond acceptors (Lipinski definition) is 3. The summed E-state index contributed by atoms with van der Waals surface area (Å²) in [7, 11) is 3.09. The Labute approximate surface area is 116 Å². The highest BCUT2D eigenvalue weighted by Crippen LogP contribution is 2.06. The second-order valence-electron chi connectivity index (χ2n) is 4.71. The molecule has 2 heterocycles. The molecule has 0 saturated heterocycles. The van der Waals surface area contributed by atoms with E-state index >= 15 is 0 Å². The van der Waals surface area contributed by atoms with Crippen LogP contribution in [0.15, 0.2) is 15.9 Å². The number of aromatic nitrogens is 4. The monoisotopic (exact) mass is 287 g/mol. The van der Waals surface area contributed by atoms with Gasteiger partial charge in [-0.15, -0.1) is 0 Å². The first-order valence-corrected chi connectivity index (χ1v) is 5.87. The van der Waals surface area contributed by atoms with Crippen LogP contribution in [0.3, 0.4) is 0 Å². The van der Waals surface area contributed by atoms with Gasteiger partial charge in [0.05, 0.1) is 12.4 Å². The van der Waals surface area contributed by atoms with Gasteiger partial charge < -0.3 is 22.7 Å². The minimum absolute atomic E-state index is 0. The molecular weight excluding hydrogens is 270 g/mol. The molecule has 7 nitrogen and oxygen atoms in total. The molecule has 0 aromatic carbocycles. The Hall–Kier alpha value is -1.60. The van der Waals surface area contributed by atoms with Crippen molar-refractivity contribution in [3.8, 4) is 0 Å². The van der Waals surface area contributed by atoms with Crippen LogP contribution in [0.5, 0.6) is 0 Å². The summed E-state index contributed by atoms with van der Waals surface area (Å²) in [6.07, 6.45) is 2.46. The predicted octanol–water partition coefficient (Wildman–Crippen LogP) is -4.54. The van der Waals surface area contributed by atoms with E-state index in [0.29, 0.717) is 23.8 Å². The van der Waals surface area contributed by atoms with Crippen LogP contribution in [0.2, 0.25) is 0 Å². The van der Waals surface area contributed by atoms with Crippen molar-refractivity contribution in [3.63, 3.8) is 0 Å². The van der Waals surface area contributed by atoms with Crippen LogP contribution >= 0.6 is 0 Å². The summed E-state index contributed by atoms with van der Waals surface area (Å²) in [6.45, 7) is 2.70. The van der Waals surface area contributed by atoms with E-state index in [9.17, 15) is 9.59 Å². The van der Waals surface area contributed by atoms with Crippen LogP contribution in [0.25, 0.3) is 11.2 Å². The minimum Gasteiger partial charge on any atom is -1.00 e. The Bertz CT molecular complexity index is 697. The molecule has 8 heteroatoms. The van der Waals surface area contributed by atoms with Crippen LogP contribution in [-0.4, -0.2) is 24.7 Å². The molecule has 2 aromatic rings. The topological polar surface area (TPSA) is 89.5 Å². The van der Waals surface area contributed by atoms with Gasteiger partial charge in [0.25, 0.3) is 5.56 Å². The molecule has 106 valence electrons. The molecule has 0 spiro atoms. The molecule has 0 aliphatic heterocycles. The second-order valence-corrected chi connectivity index (χ2v) is 4.71. The molecule has 0 aliphatic rings. The van der Waals surface area contributed by atoms with Gasteiger partial charge in [-0.05, 0) is 6.92 Å². The Morgan fingerprint density at radius 3 is 2.53 bits per heavy atom. The number of halogens is 1. The maximum absolute atomic E-state index is 12.1. The van der Waals surface area contributed by atoms with Crippen LogP contribution in [0.1, 0.15) is 13.3 Å². The van der Waals surface area contributed by atoms with E-state index in [2.05, 4.69) is 10.7 Å². The van der Waals surface area contributed by atoms with Gasteiger partial charge in [-0.1, -0.05) is 0 Å². The van der Waals surface area contributed by atoms with Crippen molar-refractivity contribution in [1.82, 2.24) is 18.7 Å². The van der Waals surface area contributed by atoms with E-state index in [-0.39, 0.29) is 23.7 Å². The fourth-order valence-corrected chi connectivity index (χ4v) is 1.93. The fourth-order valence-electron chi connectivity index (χ4n) is 1.93. The van der Waals surface area contributed by atoms with Gasteiger partial charge in [0, 0.05) is 27.1 Å². The third-order valence-electron chi connectivity index (χ3n) is 3.08. The first kappa shape index (κ1) is 15.5. The van der Waals surface area contributed by atoms with Gasteiger partial charge in [-0.25, -0.2) is 9.78 Å². The molecule has 19 heavy (non-hydrogen) atoms. The van der Waals surface area contributed by atoms with E-state index in [0.717, 1.165) is 11.0 Å². The molecule has 3 N–H and O–H groups in total. The van der Waals surface area contributed by atoms with Gasteiger partial charge in [0.1, 0.15) is 0 Å². The van der Waals surface area contributed by atoms with Crippen molar-refractivity contribution in [2.45, 2.75) is 25.9 Å². The first-order chi connectivity index (χ1) is 8.43. The van der Waals surface area contributed by atoms with Gasteiger partial charge in [-0.3, -0.25) is 13.9 Å². The molecule has 0 radical (unpaired) electrons. The van der Waals surface area contributed by atoms with E-state index < -0.39 is 0 Å². The Morgan fingerprint density at radius 1 is 1.32 bits per heavy atom. The molecule has 0 fully saturated rings. The Kier molecular flexibility index (Phi) is 4.54. The van der Waals surface area contributed by atoms with Crippen molar-refractivity contribution in [2.75, 3.05) is 0 Å². The van der Waals surface area contributed by atoms with Crippen molar-refractivity contribution in [2.24, 2.45) is 14.1 Å². The summed E-state index contributed by atoms with van der Waals surface area (Å²) >= 11 is 0. The molecule has 0 amide bonds. The number of quaternary nitrogens is 1. The number of hydrogen-bond donors (Lipinski definition) is 1. The molecule has 2 aromatic heterocycles. The van der Waals surface area contributed by atoms with E-state index in [1.807, 2.05) is 6.92 Å². The van der Waals surface area contributed by atoms with Crippen molar-refractivity contribution in [3.05, 3.63) is 27.2 Å². The van der Waals surface area contributed by atoms with Crippen LogP contribution in [-0.2, 0) is 20.6 Å². The highest BCUT2D eigenvalue weighted by atomic mass is 35.5. The number of aryl methyl sites for hydroxylation is 2. The van der Waals surface area contributed by atoms with Crippen molar-refractivity contribution >= 4 is 11.2 Å². The lowest BCUT2D eigenvalue weighted by Crippen LogP contribution is -3.00. The van der Waals surface area contributed by atoms with Crippen LogP contribution in [0, 0.1) is 0 Å². The summed E-state index contributed by atoms with van der Waals surface area (Å²) in [4.78, 5) is 28.0. The summed E-state index contributed by atoms with van der Waals surface area (Å²) in [6, 6.07) is 0.304. The molecular formula is C11H18ClN5O2. The quantitative estimate of drug-likeness (QED) is 0.617. The molecule has 0 saturated carbocycles. The first-order valence-electron chi connectivity index (χ1n) is 5.87. The number of fused-ring (bicyclic) bond motifs is 1. The zero-order chi connectivity index (χ0) is 13.4. The van der Waals surface area contributed by atoms with Crippen molar-refractivity contribution < 1.29 is 18.1 Å². The van der Waals surface area contributed by atoms with Crippen LogP contribution < -0.4 is 29.4 Å².